The van der Waals surface area contributed by atoms with E-state index in [0.29, 0.717) is 0 Å². The van der Waals surface area contributed by atoms with Crippen molar-refractivity contribution in [1.29, 1.82) is 0 Å². The Hall–Kier alpha value is -0.601. The van der Waals surface area contributed by atoms with Crippen LogP contribution in [-0.2, 0) is 31.4 Å². The first-order valence-electron chi connectivity index (χ1n) is 1.58. The molecule has 8 heavy (non-hydrogen) atoms. The van der Waals surface area contributed by atoms with Gasteiger partial charge < -0.3 is 4.74 Å². The molecule has 0 spiro atoms. The smallest absolute Gasteiger partial charge is 0.337 e. The average Bonchev–Trinajstić information content (AvgIpc) is 1.68. The summed E-state index contributed by atoms with van der Waals surface area (Å²) in [6, 6.07) is 0. The Bertz CT molecular complexity index is 99.5. The van der Waals surface area contributed by atoms with Gasteiger partial charge >= 0.3 is 12.4 Å². The van der Waals surface area contributed by atoms with Crippen LogP contribution in [0.3, 0.4) is 0 Å². The molecule has 0 N–H and O–H groups in total. The van der Waals surface area contributed by atoms with Gasteiger partial charge in [-0.05, 0) is 0 Å². The normalized spacial score (nSPS) is 6.00. The van der Waals surface area contributed by atoms with Gasteiger partial charge in [-0.1, -0.05) is 6.58 Å². The van der Waals surface area contributed by atoms with Gasteiger partial charge in [0, 0.05) is 23.1 Å². The Labute approximate surface area is 57.2 Å². The fourth-order valence-corrected chi connectivity index (χ4v) is 0.0955. The van der Waals surface area contributed by atoms with Crippen molar-refractivity contribution in [1.82, 2.24) is 0 Å². The first kappa shape index (κ1) is 10.4. The van der Waals surface area contributed by atoms with Crippen molar-refractivity contribution in [3.63, 3.8) is 0 Å². The minimum absolute atomic E-state index is 0. The Morgan fingerprint density at radius 1 is 1.62 bits per heavy atom. The molecule has 3 nitrogen and oxygen atoms in total. The number of ether oxygens (including phenoxy) is 1. The molecule has 0 amide bonds. The van der Waals surface area contributed by atoms with Crippen LogP contribution in [0, 0.1) is 0 Å². The standard InChI is InChI=1S/C4H4O3.Cu/c1-2-4(6)7-3-5;/h2-3H,1H2;. The quantitative estimate of drug-likeness (QED) is 0.187. The summed E-state index contributed by atoms with van der Waals surface area (Å²) in [5.74, 6) is -0.727. The molecule has 0 heterocycles. The Morgan fingerprint density at radius 3 is 2.25 bits per heavy atom. The molecule has 0 aliphatic heterocycles. The largest absolute Gasteiger partial charge is 0.392 e. The van der Waals surface area contributed by atoms with Gasteiger partial charge in [0.05, 0.1) is 0 Å². The van der Waals surface area contributed by atoms with Gasteiger partial charge in [0.25, 0.3) is 0 Å². The minimum Gasteiger partial charge on any atom is -0.392 e. The maximum atomic E-state index is 9.84. The molecule has 1 radical (unpaired) electrons. The van der Waals surface area contributed by atoms with E-state index in [0.717, 1.165) is 6.08 Å². The second-order valence-electron chi connectivity index (χ2n) is 0.737. The van der Waals surface area contributed by atoms with Gasteiger partial charge in [-0.3, -0.25) is 4.79 Å². The third-order valence-electron chi connectivity index (χ3n) is 0.331. The first-order valence-corrected chi connectivity index (χ1v) is 1.58. The molecule has 0 saturated carbocycles. The molecule has 0 atom stereocenters. The van der Waals surface area contributed by atoms with Crippen molar-refractivity contribution < 1.29 is 31.4 Å². The summed E-state index contributed by atoms with van der Waals surface area (Å²) in [6.45, 7) is 3.11. The number of esters is 1. The van der Waals surface area contributed by atoms with E-state index in [-0.39, 0.29) is 23.5 Å². The van der Waals surface area contributed by atoms with Crippen LogP contribution in [0.15, 0.2) is 12.7 Å². The first-order chi connectivity index (χ1) is 3.31. The van der Waals surface area contributed by atoms with E-state index in [1.807, 2.05) is 0 Å². The van der Waals surface area contributed by atoms with E-state index in [2.05, 4.69) is 11.3 Å². The van der Waals surface area contributed by atoms with Crippen molar-refractivity contribution in [2.24, 2.45) is 0 Å². The summed E-state index contributed by atoms with van der Waals surface area (Å²) in [5, 5.41) is 0. The zero-order valence-corrected chi connectivity index (χ0v) is 4.83. The summed E-state index contributed by atoms with van der Waals surface area (Å²) < 4.78 is 3.75. The summed E-state index contributed by atoms with van der Waals surface area (Å²) in [5.41, 5.74) is 0. The summed E-state index contributed by atoms with van der Waals surface area (Å²) in [6.07, 6.45) is 0.911. The van der Waals surface area contributed by atoms with Crippen LogP contribution in [0.2, 0.25) is 0 Å². The Morgan fingerprint density at radius 2 is 2.12 bits per heavy atom. The second kappa shape index (κ2) is 6.40. The number of hydrogen-bond donors (Lipinski definition) is 0. The topological polar surface area (TPSA) is 43.4 Å². The molecule has 0 aromatic carbocycles. The van der Waals surface area contributed by atoms with Crippen LogP contribution < -0.4 is 0 Å². The Kier molecular flexibility index (Phi) is 8.31. The monoisotopic (exact) mass is 163 g/mol. The molecule has 0 bridgehead atoms. The van der Waals surface area contributed by atoms with E-state index < -0.39 is 5.97 Å². The van der Waals surface area contributed by atoms with Crippen molar-refractivity contribution in [3.8, 4) is 0 Å². The SMILES string of the molecule is C=CC(=O)OC=O.[Cu]. The average molecular weight is 164 g/mol. The van der Waals surface area contributed by atoms with E-state index in [9.17, 15) is 9.59 Å². The van der Waals surface area contributed by atoms with Crippen molar-refractivity contribution in [2.45, 2.75) is 0 Å². The maximum absolute atomic E-state index is 9.84. The van der Waals surface area contributed by atoms with Crippen LogP contribution >= 0.6 is 0 Å². The molecule has 0 aromatic rings. The molecular weight excluding hydrogens is 160 g/mol. The number of rotatable bonds is 2. The van der Waals surface area contributed by atoms with E-state index in [1.54, 1.807) is 0 Å². The number of carbonyl (C=O) groups excluding carboxylic acids is 2. The third-order valence-corrected chi connectivity index (χ3v) is 0.331. The molecule has 0 aliphatic carbocycles. The fraction of sp³-hybridized carbons (Fsp3) is 0. The molecule has 0 fully saturated rings. The molecule has 49 valence electrons. The molecule has 0 aromatic heterocycles. The number of carbonyl (C=O) groups is 2. The molecule has 0 rings (SSSR count). The van der Waals surface area contributed by atoms with Crippen LogP contribution in [0.4, 0.5) is 0 Å². The summed E-state index contributed by atoms with van der Waals surface area (Å²) >= 11 is 0. The summed E-state index contributed by atoms with van der Waals surface area (Å²) in [4.78, 5) is 19.1. The predicted octanol–water partition coefficient (Wildman–Crippen LogP) is -0.131. The molecular formula is C4H4CuO3. The fourth-order valence-electron chi connectivity index (χ4n) is 0.0955. The molecule has 0 unspecified atom stereocenters. The summed E-state index contributed by atoms with van der Waals surface area (Å²) in [7, 11) is 0. The van der Waals surface area contributed by atoms with Crippen LogP contribution in [0.1, 0.15) is 0 Å². The van der Waals surface area contributed by atoms with Gasteiger partial charge in [0.2, 0.25) is 0 Å². The number of hydrogen-bond acceptors (Lipinski definition) is 3. The van der Waals surface area contributed by atoms with Crippen LogP contribution in [0.5, 0.6) is 0 Å². The van der Waals surface area contributed by atoms with E-state index >= 15 is 0 Å². The van der Waals surface area contributed by atoms with Gasteiger partial charge in [-0.2, -0.15) is 0 Å². The third kappa shape index (κ3) is 5.40. The molecule has 0 saturated heterocycles. The van der Waals surface area contributed by atoms with Gasteiger partial charge in [0.1, 0.15) is 0 Å². The maximum Gasteiger partial charge on any atom is 0.337 e. The second-order valence-corrected chi connectivity index (χ2v) is 0.737. The van der Waals surface area contributed by atoms with Gasteiger partial charge in [-0.25, -0.2) is 4.79 Å². The van der Waals surface area contributed by atoms with Gasteiger partial charge in [-0.15, -0.1) is 0 Å². The van der Waals surface area contributed by atoms with Crippen molar-refractivity contribution >= 4 is 12.4 Å². The molecule has 0 aliphatic rings. The van der Waals surface area contributed by atoms with Crippen LogP contribution in [0.25, 0.3) is 0 Å². The van der Waals surface area contributed by atoms with E-state index in [4.69, 9.17) is 0 Å². The van der Waals surface area contributed by atoms with Crippen molar-refractivity contribution in [2.75, 3.05) is 0 Å². The molecule has 4 heteroatoms. The zero-order chi connectivity index (χ0) is 5.70. The van der Waals surface area contributed by atoms with E-state index in [1.165, 1.54) is 0 Å². The zero-order valence-electron chi connectivity index (χ0n) is 3.89. The Balaban J connectivity index is 0. The van der Waals surface area contributed by atoms with Crippen molar-refractivity contribution in [3.05, 3.63) is 12.7 Å². The van der Waals surface area contributed by atoms with Crippen LogP contribution in [-0.4, -0.2) is 12.4 Å². The minimum atomic E-state index is -0.727. The predicted molar refractivity (Wildman–Crippen MR) is 22.4 cm³/mol. The van der Waals surface area contributed by atoms with Gasteiger partial charge in [0.15, 0.2) is 0 Å².